The minimum absolute atomic E-state index is 0.0399. The molecule has 0 N–H and O–H groups in total. The number of aromatic nitrogens is 1. The molecular weight excluding hydrogens is 362 g/mol. The van der Waals surface area contributed by atoms with Crippen molar-refractivity contribution in [1.82, 2.24) is 8.87 Å². The standard InChI is InChI=1S/C20H31N3O3S/c1-3-27(25,26)22-12-10-17(11-13-22)20(24)23-14-9-16(2)15-19(23)21-18-7-5-4-6-8-18/h9,14-15,17-18H,3-8,10-13H2,1-2H3. The molecule has 0 aromatic carbocycles. The number of carbonyl (C=O) groups excluding carboxylic acids is 1. The molecule has 150 valence electrons. The van der Waals surface area contributed by atoms with Gasteiger partial charge in [0.2, 0.25) is 15.9 Å². The molecule has 2 aliphatic rings. The molecule has 2 heterocycles. The third-order valence-corrected chi connectivity index (χ3v) is 7.66. The molecule has 1 saturated heterocycles. The lowest BCUT2D eigenvalue weighted by Gasteiger charge is -2.30. The molecule has 0 radical (unpaired) electrons. The first-order valence-corrected chi connectivity index (χ1v) is 11.8. The van der Waals surface area contributed by atoms with Gasteiger partial charge in [-0.15, -0.1) is 0 Å². The van der Waals surface area contributed by atoms with Crippen molar-refractivity contribution in [3.63, 3.8) is 0 Å². The summed E-state index contributed by atoms with van der Waals surface area (Å²) in [5, 5.41) is 0. The molecular formula is C20H31N3O3S. The van der Waals surface area contributed by atoms with Crippen molar-refractivity contribution in [1.29, 1.82) is 0 Å². The zero-order chi connectivity index (χ0) is 19.4. The van der Waals surface area contributed by atoms with E-state index >= 15 is 0 Å². The number of aryl methyl sites for hydroxylation is 1. The number of nitrogens with zero attached hydrogens (tertiary/aromatic N) is 3. The van der Waals surface area contributed by atoms with E-state index in [1.54, 1.807) is 11.5 Å². The summed E-state index contributed by atoms with van der Waals surface area (Å²) in [7, 11) is -3.17. The van der Waals surface area contributed by atoms with Gasteiger partial charge in [-0.05, 0) is 57.2 Å². The Morgan fingerprint density at radius 1 is 1.15 bits per heavy atom. The van der Waals surface area contributed by atoms with Crippen LogP contribution in [-0.4, -0.2) is 48.1 Å². The van der Waals surface area contributed by atoms with Crippen molar-refractivity contribution >= 4 is 15.9 Å². The number of hydrogen-bond donors (Lipinski definition) is 0. The molecule has 6 nitrogen and oxygen atoms in total. The third-order valence-electron chi connectivity index (χ3n) is 5.78. The zero-order valence-corrected chi connectivity index (χ0v) is 17.2. The van der Waals surface area contributed by atoms with Gasteiger partial charge in [0.05, 0.1) is 11.8 Å². The molecule has 1 aliphatic carbocycles. The van der Waals surface area contributed by atoms with Crippen molar-refractivity contribution in [2.45, 2.75) is 64.8 Å². The molecule has 3 rings (SSSR count). The molecule has 0 unspecified atom stereocenters. The van der Waals surface area contributed by atoms with Gasteiger partial charge in [0.1, 0.15) is 5.49 Å². The maximum absolute atomic E-state index is 13.1. The highest BCUT2D eigenvalue weighted by Crippen LogP contribution is 2.22. The van der Waals surface area contributed by atoms with Gasteiger partial charge in [-0.1, -0.05) is 19.3 Å². The van der Waals surface area contributed by atoms with Crippen LogP contribution in [0.1, 0.15) is 62.2 Å². The van der Waals surface area contributed by atoms with Crippen molar-refractivity contribution in [2.24, 2.45) is 10.9 Å². The normalized spacial score (nSPS) is 21.5. The van der Waals surface area contributed by atoms with Crippen molar-refractivity contribution in [2.75, 3.05) is 18.8 Å². The topological polar surface area (TPSA) is 71.7 Å². The third kappa shape index (κ3) is 4.88. The Balaban J connectivity index is 1.78. The summed E-state index contributed by atoms with van der Waals surface area (Å²) in [6, 6.07) is 4.23. The SMILES string of the molecule is CCS(=O)(=O)N1CCC(C(=O)n2ccc(C)cc2=NC2CCCCC2)CC1. The van der Waals surface area contributed by atoms with E-state index in [1.807, 2.05) is 25.3 Å². The minimum atomic E-state index is -3.17. The maximum Gasteiger partial charge on any atom is 0.235 e. The second kappa shape index (κ2) is 8.69. The molecule has 1 aromatic rings. The predicted octanol–water partition coefficient (Wildman–Crippen LogP) is 2.73. The maximum atomic E-state index is 13.1. The van der Waals surface area contributed by atoms with Crippen LogP contribution in [0.2, 0.25) is 0 Å². The first kappa shape index (κ1) is 20.3. The van der Waals surface area contributed by atoms with E-state index in [-0.39, 0.29) is 17.6 Å². The Kier molecular flexibility index (Phi) is 6.52. The van der Waals surface area contributed by atoms with Crippen molar-refractivity contribution in [3.05, 3.63) is 29.4 Å². The molecule has 0 atom stereocenters. The fourth-order valence-corrected chi connectivity index (χ4v) is 5.17. The van der Waals surface area contributed by atoms with E-state index in [0.29, 0.717) is 32.0 Å². The van der Waals surface area contributed by atoms with Crippen LogP contribution in [0.25, 0.3) is 0 Å². The highest BCUT2D eigenvalue weighted by atomic mass is 32.2. The summed E-state index contributed by atoms with van der Waals surface area (Å²) in [5.74, 6) is 0.00219. The van der Waals surface area contributed by atoms with E-state index in [4.69, 9.17) is 4.99 Å². The van der Waals surface area contributed by atoms with E-state index in [0.717, 1.165) is 23.9 Å². The van der Waals surface area contributed by atoms with Gasteiger partial charge in [-0.2, -0.15) is 0 Å². The average molecular weight is 394 g/mol. The molecule has 1 aliphatic heterocycles. The first-order valence-electron chi connectivity index (χ1n) is 10.2. The summed E-state index contributed by atoms with van der Waals surface area (Å²) in [6.07, 6.45) is 8.84. The Labute approximate surface area is 162 Å². The lowest BCUT2D eigenvalue weighted by Crippen LogP contribution is -2.43. The second-order valence-electron chi connectivity index (χ2n) is 7.77. The van der Waals surface area contributed by atoms with Crippen LogP contribution in [-0.2, 0) is 10.0 Å². The average Bonchev–Trinajstić information content (AvgIpc) is 2.68. The lowest BCUT2D eigenvalue weighted by atomic mass is 9.96. The van der Waals surface area contributed by atoms with Gasteiger partial charge in [0.15, 0.2) is 0 Å². The quantitative estimate of drug-likeness (QED) is 0.790. The number of piperidine rings is 1. The van der Waals surface area contributed by atoms with Crippen LogP contribution in [0.5, 0.6) is 0 Å². The number of rotatable bonds is 4. The zero-order valence-electron chi connectivity index (χ0n) is 16.4. The van der Waals surface area contributed by atoms with Gasteiger partial charge >= 0.3 is 0 Å². The monoisotopic (exact) mass is 393 g/mol. The largest absolute Gasteiger partial charge is 0.274 e. The molecule has 27 heavy (non-hydrogen) atoms. The van der Waals surface area contributed by atoms with E-state index in [1.165, 1.54) is 23.6 Å². The Bertz CT molecular complexity index is 830. The number of carbonyl (C=O) groups is 1. The van der Waals surface area contributed by atoms with E-state index in [9.17, 15) is 13.2 Å². The summed E-state index contributed by atoms with van der Waals surface area (Å²) >= 11 is 0. The molecule has 1 aromatic heterocycles. The smallest absolute Gasteiger partial charge is 0.235 e. The van der Waals surface area contributed by atoms with Gasteiger partial charge < -0.3 is 0 Å². The number of pyridine rings is 1. The lowest BCUT2D eigenvalue weighted by molar-refractivity contribution is 0.0780. The first-order chi connectivity index (χ1) is 12.9. The molecule has 0 amide bonds. The minimum Gasteiger partial charge on any atom is -0.274 e. The van der Waals surface area contributed by atoms with Crippen molar-refractivity contribution < 1.29 is 13.2 Å². The molecule has 7 heteroatoms. The second-order valence-corrected chi connectivity index (χ2v) is 10.0. The van der Waals surface area contributed by atoms with Crippen LogP contribution < -0.4 is 5.49 Å². The van der Waals surface area contributed by atoms with Crippen LogP contribution >= 0.6 is 0 Å². The number of sulfonamides is 1. The van der Waals surface area contributed by atoms with Crippen LogP contribution in [0.4, 0.5) is 0 Å². The van der Waals surface area contributed by atoms with Crippen LogP contribution in [0, 0.1) is 12.8 Å². The van der Waals surface area contributed by atoms with E-state index in [2.05, 4.69) is 0 Å². The van der Waals surface area contributed by atoms with Crippen LogP contribution in [0.3, 0.4) is 0 Å². The predicted molar refractivity (Wildman–Crippen MR) is 106 cm³/mol. The Morgan fingerprint density at radius 2 is 1.81 bits per heavy atom. The van der Waals surface area contributed by atoms with Crippen LogP contribution in [0.15, 0.2) is 23.3 Å². The summed E-state index contributed by atoms with van der Waals surface area (Å²) in [5.41, 5.74) is 1.84. The summed E-state index contributed by atoms with van der Waals surface area (Å²) in [4.78, 5) is 18.0. The highest BCUT2D eigenvalue weighted by molar-refractivity contribution is 7.89. The Hall–Kier alpha value is -1.47. The molecule has 2 fully saturated rings. The molecule has 0 spiro atoms. The fourth-order valence-electron chi connectivity index (χ4n) is 4.03. The molecule has 0 bridgehead atoms. The molecule has 1 saturated carbocycles. The summed E-state index contributed by atoms with van der Waals surface area (Å²) < 4.78 is 27.3. The van der Waals surface area contributed by atoms with Gasteiger partial charge in [-0.25, -0.2) is 12.7 Å². The van der Waals surface area contributed by atoms with Gasteiger partial charge in [0.25, 0.3) is 0 Å². The van der Waals surface area contributed by atoms with Gasteiger partial charge in [-0.3, -0.25) is 14.4 Å². The van der Waals surface area contributed by atoms with E-state index < -0.39 is 10.0 Å². The highest BCUT2D eigenvalue weighted by Gasteiger charge is 2.31. The Morgan fingerprint density at radius 3 is 2.44 bits per heavy atom. The number of hydrogen-bond acceptors (Lipinski definition) is 4. The van der Waals surface area contributed by atoms with Gasteiger partial charge in [0, 0.05) is 25.2 Å². The summed E-state index contributed by atoms with van der Waals surface area (Å²) in [6.45, 7) is 4.53. The fraction of sp³-hybridized carbons (Fsp3) is 0.700. The van der Waals surface area contributed by atoms with Crippen molar-refractivity contribution in [3.8, 4) is 0 Å².